The summed E-state index contributed by atoms with van der Waals surface area (Å²) in [7, 11) is 1.67. The molecule has 0 saturated heterocycles. The van der Waals surface area contributed by atoms with E-state index in [1.54, 1.807) is 7.11 Å². The number of hydrogen-bond donors (Lipinski definition) is 0. The number of rotatable bonds is 2. The molecule has 0 atom stereocenters. The van der Waals surface area contributed by atoms with E-state index in [1.807, 2.05) is 59.3 Å². The number of imidazole rings is 1. The van der Waals surface area contributed by atoms with Crippen LogP contribution in [0.2, 0.25) is 0 Å². The number of aromatic nitrogens is 2. The van der Waals surface area contributed by atoms with Crippen molar-refractivity contribution in [3.8, 4) is 17.0 Å². The van der Waals surface area contributed by atoms with Crippen molar-refractivity contribution in [1.29, 1.82) is 0 Å². The molecule has 0 aliphatic heterocycles. The third-order valence-electron chi connectivity index (χ3n) is 2.73. The molecular formula is C14H12IN2O-. The third-order valence-corrected chi connectivity index (χ3v) is 2.73. The topological polar surface area (TPSA) is 26.5 Å². The number of halogens is 1. The molecular weight excluding hydrogens is 339 g/mol. The number of benzene rings is 1. The standard InChI is InChI=1S/C14H12N2O.HI/c1-17-12-6-4-5-11(9-12)13-10-16-8-3-2-7-14(16)15-13;/h2-10H,1H3;1H/p-1. The summed E-state index contributed by atoms with van der Waals surface area (Å²) in [5.41, 5.74) is 2.97. The second-order valence-electron chi connectivity index (χ2n) is 3.82. The Morgan fingerprint density at radius 1 is 1.11 bits per heavy atom. The number of nitrogens with zero attached hydrogens (tertiary/aromatic N) is 2. The van der Waals surface area contributed by atoms with Gasteiger partial charge in [0.05, 0.1) is 12.8 Å². The Kier molecular flexibility index (Phi) is 3.86. The molecule has 1 aromatic carbocycles. The van der Waals surface area contributed by atoms with Gasteiger partial charge in [0.15, 0.2) is 0 Å². The molecule has 0 bridgehead atoms. The zero-order valence-corrected chi connectivity index (χ0v) is 12.0. The van der Waals surface area contributed by atoms with Crippen molar-refractivity contribution in [2.45, 2.75) is 0 Å². The molecule has 4 heteroatoms. The minimum absolute atomic E-state index is 0. The van der Waals surface area contributed by atoms with Gasteiger partial charge in [0.1, 0.15) is 11.4 Å². The lowest BCUT2D eigenvalue weighted by atomic mass is 10.1. The van der Waals surface area contributed by atoms with Crippen LogP contribution in [0.1, 0.15) is 0 Å². The van der Waals surface area contributed by atoms with Gasteiger partial charge in [0.2, 0.25) is 0 Å². The Bertz CT molecular complexity index is 630. The molecule has 0 saturated carbocycles. The zero-order chi connectivity index (χ0) is 11.7. The number of ether oxygens (including phenoxy) is 1. The monoisotopic (exact) mass is 351 g/mol. The van der Waals surface area contributed by atoms with Gasteiger partial charge in [-0.05, 0) is 24.3 Å². The minimum Gasteiger partial charge on any atom is -1.00 e. The molecule has 2 aromatic heterocycles. The van der Waals surface area contributed by atoms with Gasteiger partial charge < -0.3 is 33.1 Å². The maximum atomic E-state index is 5.22. The normalized spacial score (nSPS) is 10.1. The maximum absolute atomic E-state index is 5.22. The van der Waals surface area contributed by atoms with E-state index in [1.165, 1.54) is 0 Å². The summed E-state index contributed by atoms with van der Waals surface area (Å²) < 4.78 is 7.22. The number of hydrogen-bond acceptors (Lipinski definition) is 2. The summed E-state index contributed by atoms with van der Waals surface area (Å²) >= 11 is 0. The lowest BCUT2D eigenvalue weighted by molar-refractivity contribution is -0.00000378. The van der Waals surface area contributed by atoms with Gasteiger partial charge in [-0.1, -0.05) is 18.2 Å². The zero-order valence-electron chi connectivity index (χ0n) is 9.88. The molecule has 92 valence electrons. The predicted molar refractivity (Wildman–Crippen MR) is 67.2 cm³/mol. The molecule has 0 radical (unpaired) electrons. The van der Waals surface area contributed by atoms with Gasteiger partial charge in [0, 0.05) is 18.0 Å². The fourth-order valence-electron chi connectivity index (χ4n) is 1.86. The summed E-state index contributed by atoms with van der Waals surface area (Å²) in [4.78, 5) is 4.57. The van der Waals surface area contributed by atoms with Crippen molar-refractivity contribution in [2.24, 2.45) is 0 Å². The smallest absolute Gasteiger partial charge is 0.137 e. The Morgan fingerprint density at radius 3 is 2.78 bits per heavy atom. The molecule has 0 aliphatic rings. The van der Waals surface area contributed by atoms with Gasteiger partial charge in [0.25, 0.3) is 0 Å². The molecule has 0 spiro atoms. The van der Waals surface area contributed by atoms with Crippen LogP contribution in [-0.2, 0) is 0 Å². The first-order valence-corrected chi connectivity index (χ1v) is 5.45. The number of fused-ring (bicyclic) bond motifs is 1. The van der Waals surface area contributed by atoms with Crippen molar-refractivity contribution in [3.05, 3.63) is 54.9 Å². The highest BCUT2D eigenvalue weighted by molar-refractivity contribution is 5.64. The van der Waals surface area contributed by atoms with Crippen LogP contribution in [0.4, 0.5) is 0 Å². The molecule has 0 N–H and O–H groups in total. The van der Waals surface area contributed by atoms with E-state index in [0.717, 1.165) is 22.7 Å². The first-order valence-electron chi connectivity index (χ1n) is 5.45. The molecule has 0 aliphatic carbocycles. The molecule has 3 rings (SSSR count). The van der Waals surface area contributed by atoms with Crippen molar-refractivity contribution in [3.63, 3.8) is 0 Å². The van der Waals surface area contributed by atoms with Gasteiger partial charge >= 0.3 is 0 Å². The molecule has 2 heterocycles. The largest absolute Gasteiger partial charge is 1.00 e. The highest BCUT2D eigenvalue weighted by atomic mass is 127. The minimum atomic E-state index is 0. The van der Waals surface area contributed by atoms with Crippen LogP contribution >= 0.6 is 0 Å². The predicted octanol–water partition coefficient (Wildman–Crippen LogP) is 0.0139. The van der Waals surface area contributed by atoms with Crippen LogP contribution in [0, 0.1) is 0 Å². The number of pyridine rings is 1. The molecule has 3 nitrogen and oxygen atoms in total. The Morgan fingerprint density at radius 2 is 2.00 bits per heavy atom. The second-order valence-corrected chi connectivity index (χ2v) is 3.82. The average molecular weight is 351 g/mol. The van der Waals surface area contributed by atoms with Crippen molar-refractivity contribution in [2.75, 3.05) is 7.11 Å². The quantitative estimate of drug-likeness (QED) is 0.609. The molecule has 18 heavy (non-hydrogen) atoms. The van der Waals surface area contributed by atoms with Gasteiger partial charge in [-0.3, -0.25) is 0 Å². The van der Waals surface area contributed by atoms with Crippen LogP contribution in [-0.4, -0.2) is 16.5 Å². The molecule has 0 unspecified atom stereocenters. The third kappa shape index (κ3) is 2.33. The Labute approximate surface area is 122 Å². The lowest BCUT2D eigenvalue weighted by Crippen LogP contribution is -3.00. The summed E-state index contributed by atoms with van der Waals surface area (Å²) in [6, 6.07) is 13.9. The van der Waals surface area contributed by atoms with Gasteiger partial charge in [-0.25, -0.2) is 4.98 Å². The Balaban J connectivity index is 0.00000120. The van der Waals surface area contributed by atoms with E-state index in [9.17, 15) is 0 Å². The molecule has 0 fully saturated rings. The van der Waals surface area contributed by atoms with Crippen LogP contribution < -0.4 is 28.7 Å². The number of methoxy groups -OCH3 is 1. The lowest BCUT2D eigenvalue weighted by Gasteiger charge is -2.00. The molecule has 3 aromatic rings. The van der Waals surface area contributed by atoms with Crippen molar-refractivity contribution in [1.82, 2.24) is 9.38 Å². The fourth-order valence-corrected chi connectivity index (χ4v) is 1.86. The maximum Gasteiger partial charge on any atom is 0.137 e. The first kappa shape index (κ1) is 12.9. The van der Waals surface area contributed by atoms with Crippen LogP contribution in [0.5, 0.6) is 5.75 Å². The average Bonchev–Trinajstić information content (AvgIpc) is 2.82. The van der Waals surface area contributed by atoms with Crippen LogP contribution in [0.25, 0.3) is 16.9 Å². The van der Waals surface area contributed by atoms with E-state index < -0.39 is 0 Å². The summed E-state index contributed by atoms with van der Waals surface area (Å²) in [6.07, 6.45) is 4.01. The first-order chi connectivity index (χ1) is 8.36. The van der Waals surface area contributed by atoms with E-state index in [4.69, 9.17) is 4.74 Å². The van der Waals surface area contributed by atoms with E-state index >= 15 is 0 Å². The highest BCUT2D eigenvalue weighted by Crippen LogP contribution is 2.23. The summed E-state index contributed by atoms with van der Waals surface area (Å²) in [6.45, 7) is 0. The SMILES string of the molecule is COc1cccc(-c2cn3ccccc3n2)c1.[I-]. The van der Waals surface area contributed by atoms with E-state index in [2.05, 4.69) is 4.98 Å². The summed E-state index contributed by atoms with van der Waals surface area (Å²) in [5.74, 6) is 0.847. The fraction of sp³-hybridized carbons (Fsp3) is 0.0714. The van der Waals surface area contributed by atoms with Crippen LogP contribution in [0.3, 0.4) is 0 Å². The summed E-state index contributed by atoms with van der Waals surface area (Å²) in [5, 5.41) is 0. The van der Waals surface area contributed by atoms with Gasteiger partial charge in [-0.15, -0.1) is 0 Å². The highest BCUT2D eigenvalue weighted by Gasteiger charge is 2.04. The molecule has 0 amide bonds. The van der Waals surface area contributed by atoms with Crippen molar-refractivity contribution >= 4 is 5.65 Å². The van der Waals surface area contributed by atoms with Crippen molar-refractivity contribution < 1.29 is 28.7 Å². The second kappa shape index (κ2) is 5.39. The van der Waals surface area contributed by atoms with Crippen LogP contribution in [0.15, 0.2) is 54.9 Å². The Hall–Kier alpha value is -1.56. The van der Waals surface area contributed by atoms with E-state index in [0.29, 0.717) is 0 Å². The van der Waals surface area contributed by atoms with E-state index in [-0.39, 0.29) is 24.0 Å². The van der Waals surface area contributed by atoms with Gasteiger partial charge in [-0.2, -0.15) is 0 Å².